The zero-order valence-corrected chi connectivity index (χ0v) is 12.7. The zero-order chi connectivity index (χ0) is 17.9. The fourth-order valence-electron chi connectivity index (χ4n) is 2.24. The second-order valence-electron chi connectivity index (χ2n) is 5.20. The van der Waals surface area contributed by atoms with E-state index < -0.39 is 17.6 Å². The predicted octanol–water partition coefficient (Wildman–Crippen LogP) is 2.99. The van der Waals surface area contributed by atoms with E-state index >= 15 is 0 Å². The summed E-state index contributed by atoms with van der Waals surface area (Å²) in [6, 6.07) is 11.3. The average Bonchev–Trinajstić information content (AvgIpc) is 3.08. The number of alkyl halides is 3. The Labute approximate surface area is 140 Å². The molecule has 9 heteroatoms. The Bertz CT molecular complexity index is 860. The van der Waals surface area contributed by atoms with E-state index in [0.717, 1.165) is 11.6 Å². The molecule has 3 rings (SSSR count). The van der Waals surface area contributed by atoms with Crippen LogP contribution >= 0.6 is 0 Å². The Kier molecular flexibility index (Phi) is 4.46. The van der Waals surface area contributed by atoms with E-state index in [0.29, 0.717) is 6.54 Å². The third-order valence-corrected chi connectivity index (χ3v) is 3.43. The van der Waals surface area contributed by atoms with Crippen LogP contribution in [0.15, 0.2) is 54.9 Å². The fourth-order valence-corrected chi connectivity index (χ4v) is 2.24. The molecule has 0 aliphatic heterocycles. The van der Waals surface area contributed by atoms with E-state index in [1.165, 1.54) is 41.3 Å². The van der Waals surface area contributed by atoms with Crippen molar-refractivity contribution in [1.29, 1.82) is 0 Å². The first-order chi connectivity index (χ1) is 11.9. The molecule has 1 aromatic heterocycles. The number of halogens is 3. The van der Waals surface area contributed by atoms with Crippen LogP contribution in [0.4, 0.5) is 18.9 Å². The highest BCUT2D eigenvalue weighted by Gasteiger charge is 2.33. The van der Waals surface area contributed by atoms with Gasteiger partial charge in [0.1, 0.15) is 6.33 Å². The van der Waals surface area contributed by atoms with Gasteiger partial charge < -0.3 is 5.32 Å². The first kappa shape index (κ1) is 16.6. The summed E-state index contributed by atoms with van der Waals surface area (Å²) < 4.78 is 40.4. The molecule has 0 saturated heterocycles. The minimum Gasteiger partial charge on any atom is -0.321 e. The normalized spacial score (nSPS) is 11.3. The highest BCUT2D eigenvalue weighted by atomic mass is 19.4. The van der Waals surface area contributed by atoms with Crippen molar-refractivity contribution in [3.05, 3.63) is 71.5 Å². The van der Waals surface area contributed by atoms with Crippen molar-refractivity contribution in [2.45, 2.75) is 12.7 Å². The number of carbonyl (C=O) groups is 1. The minimum absolute atomic E-state index is 0.248. The van der Waals surface area contributed by atoms with Gasteiger partial charge in [0.05, 0.1) is 17.8 Å². The summed E-state index contributed by atoms with van der Waals surface area (Å²) in [4.78, 5) is 12.2. The number of hydrogen-bond donors (Lipinski definition) is 1. The second-order valence-corrected chi connectivity index (χ2v) is 5.20. The van der Waals surface area contributed by atoms with Crippen LogP contribution in [-0.4, -0.2) is 26.1 Å². The van der Waals surface area contributed by atoms with Crippen LogP contribution in [0.3, 0.4) is 0 Å². The Balaban J connectivity index is 1.74. The van der Waals surface area contributed by atoms with Crippen molar-refractivity contribution in [2.75, 3.05) is 5.32 Å². The molecule has 0 spiro atoms. The van der Waals surface area contributed by atoms with E-state index in [2.05, 4.69) is 20.8 Å². The third kappa shape index (κ3) is 4.00. The Morgan fingerprint density at radius 3 is 2.44 bits per heavy atom. The summed E-state index contributed by atoms with van der Waals surface area (Å²) in [7, 11) is 0. The second kappa shape index (κ2) is 6.71. The maximum Gasteiger partial charge on any atom is 0.418 e. The summed E-state index contributed by atoms with van der Waals surface area (Å²) in [5.74, 6) is -0.620. The molecule has 0 aliphatic rings. The number of benzene rings is 2. The molecular formula is C16H12F3N5O. The number of rotatable bonds is 4. The van der Waals surface area contributed by atoms with Crippen LogP contribution in [0.2, 0.25) is 0 Å². The molecule has 6 nitrogen and oxygen atoms in total. The summed E-state index contributed by atoms with van der Waals surface area (Å²) in [5.41, 5.74) is -0.0756. The first-order valence-electron chi connectivity index (χ1n) is 7.21. The molecular weight excluding hydrogens is 335 g/mol. The van der Waals surface area contributed by atoms with Crippen LogP contribution in [0.25, 0.3) is 0 Å². The number of tetrazole rings is 1. The monoisotopic (exact) mass is 347 g/mol. The minimum atomic E-state index is -4.54. The van der Waals surface area contributed by atoms with Gasteiger partial charge in [-0.05, 0) is 40.3 Å². The zero-order valence-electron chi connectivity index (χ0n) is 12.7. The van der Waals surface area contributed by atoms with Crippen LogP contribution < -0.4 is 5.32 Å². The SMILES string of the molecule is O=C(Nc1ccccc1C(F)(F)F)c1ccc(Cn2cnnn2)cc1. The van der Waals surface area contributed by atoms with Gasteiger partial charge in [-0.1, -0.05) is 24.3 Å². The van der Waals surface area contributed by atoms with Crippen molar-refractivity contribution >= 4 is 11.6 Å². The number of anilines is 1. The summed E-state index contributed by atoms with van der Waals surface area (Å²) in [6.45, 7) is 0.422. The topological polar surface area (TPSA) is 72.7 Å². The number of para-hydroxylation sites is 1. The quantitative estimate of drug-likeness (QED) is 0.787. The van der Waals surface area contributed by atoms with Crippen molar-refractivity contribution < 1.29 is 18.0 Å². The molecule has 128 valence electrons. The average molecular weight is 347 g/mol. The van der Waals surface area contributed by atoms with Gasteiger partial charge in [0.25, 0.3) is 5.91 Å². The molecule has 1 N–H and O–H groups in total. The third-order valence-electron chi connectivity index (χ3n) is 3.43. The number of nitrogens with one attached hydrogen (secondary N) is 1. The lowest BCUT2D eigenvalue weighted by molar-refractivity contribution is -0.136. The van der Waals surface area contributed by atoms with Crippen LogP contribution in [-0.2, 0) is 12.7 Å². The van der Waals surface area contributed by atoms with Crippen molar-refractivity contribution in [3.8, 4) is 0 Å². The van der Waals surface area contributed by atoms with Gasteiger partial charge in [0.2, 0.25) is 0 Å². The maximum atomic E-state index is 13.0. The first-order valence-corrected chi connectivity index (χ1v) is 7.21. The lowest BCUT2D eigenvalue weighted by atomic mass is 10.1. The van der Waals surface area contributed by atoms with Crippen molar-refractivity contribution in [1.82, 2.24) is 20.2 Å². The lowest BCUT2D eigenvalue weighted by Crippen LogP contribution is -2.16. The molecule has 25 heavy (non-hydrogen) atoms. The smallest absolute Gasteiger partial charge is 0.321 e. The van der Waals surface area contributed by atoms with E-state index in [1.807, 2.05) is 0 Å². The maximum absolute atomic E-state index is 13.0. The molecule has 3 aromatic rings. The Morgan fingerprint density at radius 2 is 1.80 bits per heavy atom. The van der Waals surface area contributed by atoms with Crippen LogP contribution in [0.5, 0.6) is 0 Å². The van der Waals surface area contributed by atoms with Crippen molar-refractivity contribution in [3.63, 3.8) is 0 Å². The van der Waals surface area contributed by atoms with Crippen LogP contribution in [0, 0.1) is 0 Å². The number of amides is 1. The van der Waals surface area contributed by atoms with E-state index in [9.17, 15) is 18.0 Å². The lowest BCUT2D eigenvalue weighted by Gasteiger charge is -2.13. The molecule has 0 atom stereocenters. The van der Waals surface area contributed by atoms with Crippen LogP contribution in [0.1, 0.15) is 21.5 Å². The van der Waals surface area contributed by atoms with Gasteiger partial charge in [-0.25, -0.2) is 4.68 Å². The van der Waals surface area contributed by atoms with Gasteiger partial charge in [0.15, 0.2) is 0 Å². The molecule has 0 saturated carbocycles. The largest absolute Gasteiger partial charge is 0.418 e. The Hall–Kier alpha value is -3.23. The van der Waals surface area contributed by atoms with Gasteiger partial charge in [-0.2, -0.15) is 13.2 Å². The number of carbonyl (C=O) groups excluding carboxylic acids is 1. The molecule has 2 aromatic carbocycles. The van der Waals surface area contributed by atoms with E-state index in [1.54, 1.807) is 12.1 Å². The Morgan fingerprint density at radius 1 is 1.08 bits per heavy atom. The highest BCUT2D eigenvalue weighted by molar-refractivity contribution is 6.04. The number of aromatic nitrogens is 4. The number of hydrogen-bond acceptors (Lipinski definition) is 4. The summed E-state index contributed by atoms with van der Waals surface area (Å²) in [6.07, 6.45) is -3.09. The van der Waals surface area contributed by atoms with Crippen molar-refractivity contribution in [2.24, 2.45) is 0 Å². The molecule has 0 radical (unpaired) electrons. The molecule has 0 bridgehead atoms. The molecule has 0 unspecified atom stereocenters. The molecule has 0 fully saturated rings. The molecule has 1 amide bonds. The standard InChI is InChI=1S/C16H12F3N5O/c17-16(18,19)13-3-1-2-4-14(13)21-15(25)12-7-5-11(6-8-12)9-24-10-20-22-23-24/h1-8,10H,9H2,(H,21,25). The van der Waals surface area contributed by atoms with Gasteiger partial charge in [0, 0.05) is 5.56 Å². The predicted molar refractivity (Wildman–Crippen MR) is 82.8 cm³/mol. The molecule has 1 heterocycles. The van der Waals surface area contributed by atoms with Gasteiger partial charge >= 0.3 is 6.18 Å². The van der Waals surface area contributed by atoms with Gasteiger partial charge in [-0.15, -0.1) is 5.10 Å². The number of nitrogens with zero attached hydrogens (tertiary/aromatic N) is 4. The fraction of sp³-hybridized carbons (Fsp3) is 0.125. The highest BCUT2D eigenvalue weighted by Crippen LogP contribution is 2.34. The summed E-state index contributed by atoms with van der Waals surface area (Å²) >= 11 is 0. The van der Waals surface area contributed by atoms with Gasteiger partial charge in [-0.3, -0.25) is 4.79 Å². The van der Waals surface area contributed by atoms with E-state index in [4.69, 9.17) is 0 Å². The molecule has 0 aliphatic carbocycles. The van der Waals surface area contributed by atoms with E-state index in [-0.39, 0.29) is 11.3 Å². The summed E-state index contributed by atoms with van der Waals surface area (Å²) in [5, 5.41) is 13.1.